The maximum atomic E-state index is 12.2. The van der Waals surface area contributed by atoms with Gasteiger partial charge in [0.25, 0.3) is 0 Å². The number of fused-ring (bicyclic) bond motifs is 2. The Morgan fingerprint density at radius 3 is 2.57 bits per heavy atom. The van der Waals surface area contributed by atoms with Crippen LogP contribution in [0.3, 0.4) is 0 Å². The third-order valence-electron chi connectivity index (χ3n) is 5.56. The Labute approximate surface area is 125 Å². The molecule has 3 saturated heterocycles. The van der Waals surface area contributed by atoms with Gasteiger partial charge >= 0.3 is 0 Å². The molecule has 5 heteroatoms. The molecule has 2 bridgehead atoms. The van der Waals surface area contributed by atoms with Crippen LogP contribution in [0.2, 0.25) is 0 Å². The number of likely N-dealkylation sites (tertiary alicyclic amines) is 1. The lowest BCUT2D eigenvalue weighted by atomic mass is 9.89. The lowest BCUT2D eigenvalue weighted by Crippen LogP contribution is -2.42. The smallest absolute Gasteiger partial charge is 0.225 e. The molecule has 21 heavy (non-hydrogen) atoms. The molecular weight excluding hydrogens is 266 g/mol. The first kappa shape index (κ1) is 13.6. The summed E-state index contributed by atoms with van der Waals surface area (Å²) in [7, 11) is 0. The number of rotatable bonds is 4. The molecule has 2 amide bonds. The lowest BCUT2D eigenvalue weighted by molar-refractivity contribution is -0.128. The first-order chi connectivity index (χ1) is 10.2. The van der Waals surface area contributed by atoms with Crippen molar-refractivity contribution in [2.75, 3.05) is 6.54 Å². The molecule has 116 valence electrons. The van der Waals surface area contributed by atoms with Crippen molar-refractivity contribution >= 4 is 11.8 Å². The van der Waals surface area contributed by atoms with E-state index in [-0.39, 0.29) is 17.9 Å². The summed E-state index contributed by atoms with van der Waals surface area (Å²) in [6.45, 7) is 0.729. The second-order valence-electron chi connectivity index (χ2n) is 7.43. The maximum absolute atomic E-state index is 12.2. The SMILES string of the molecule is O=C(CC1CC2CCC(C1)N2)NC1CC(=O)N(C2CC2)C1. The van der Waals surface area contributed by atoms with Gasteiger partial charge in [0.05, 0.1) is 6.04 Å². The van der Waals surface area contributed by atoms with Crippen LogP contribution in [-0.4, -0.2) is 47.4 Å². The Balaban J connectivity index is 1.25. The zero-order valence-electron chi connectivity index (χ0n) is 12.5. The third-order valence-corrected chi connectivity index (χ3v) is 5.56. The van der Waals surface area contributed by atoms with E-state index in [4.69, 9.17) is 0 Å². The molecule has 5 nitrogen and oxygen atoms in total. The van der Waals surface area contributed by atoms with Crippen LogP contribution in [0.1, 0.15) is 51.4 Å². The second kappa shape index (κ2) is 5.27. The number of nitrogens with zero attached hydrogens (tertiary/aromatic N) is 1. The second-order valence-corrected chi connectivity index (χ2v) is 7.43. The molecule has 4 rings (SSSR count). The molecule has 0 aromatic carbocycles. The number of amides is 2. The summed E-state index contributed by atoms with van der Waals surface area (Å²) < 4.78 is 0. The summed E-state index contributed by atoms with van der Waals surface area (Å²) in [5.41, 5.74) is 0. The van der Waals surface area contributed by atoms with E-state index in [1.807, 2.05) is 4.90 Å². The number of carbonyl (C=O) groups excluding carboxylic acids is 2. The fourth-order valence-corrected chi connectivity index (χ4v) is 4.46. The van der Waals surface area contributed by atoms with Crippen molar-refractivity contribution in [1.29, 1.82) is 0 Å². The molecule has 3 atom stereocenters. The lowest BCUT2D eigenvalue weighted by Gasteiger charge is -2.29. The molecule has 1 aliphatic carbocycles. The van der Waals surface area contributed by atoms with Gasteiger partial charge in [0, 0.05) is 37.5 Å². The largest absolute Gasteiger partial charge is 0.351 e. The first-order valence-corrected chi connectivity index (χ1v) is 8.52. The standard InChI is InChI=1S/C16H25N3O2/c20-15(7-10-5-11-1-2-12(6-10)17-11)18-13-8-16(21)19(9-13)14-3-4-14/h10-14,17H,1-9H2,(H,18,20). The monoisotopic (exact) mass is 291 g/mol. The van der Waals surface area contributed by atoms with Crippen molar-refractivity contribution in [1.82, 2.24) is 15.5 Å². The van der Waals surface area contributed by atoms with Gasteiger partial charge in [-0.2, -0.15) is 0 Å². The van der Waals surface area contributed by atoms with Gasteiger partial charge in [-0.15, -0.1) is 0 Å². The van der Waals surface area contributed by atoms with Crippen LogP contribution in [0.4, 0.5) is 0 Å². The van der Waals surface area contributed by atoms with Crippen LogP contribution < -0.4 is 10.6 Å². The number of hydrogen-bond donors (Lipinski definition) is 2. The average molecular weight is 291 g/mol. The Bertz CT molecular complexity index is 437. The maximum Gasteiger partial charge on any atom is 0.225 e. The van der Waals surface area contributed by atoms with Crippen molar-refractivity contribution in [3.63, 3.8) is 0 Å². The van der Waals surface area contributed by atoms with E-state index in [1.165, 1.54) is 12.8 Å². The van der Waals surface area contributed by atoms with Crippen LogP contribution in [0.15, 0.2) is 0 Å². The quantitative estimate of drug-likeness (QED) is 0.805. The van der Waals surface area contributed by atoms with Crippen LogP contribution in [0.5, 0.6) is 0 Å². The van der Waals surface area contributed by atoms with Gasteiger partial charge in [-0.25, -0.2) is 0 Å². The molecule has 3 heterocycles. The van der Waals surface area contributed by atoms with Crippen molar-refractivity contribution in [3.05, 3.63) is 0 Å². The molecule has 0 aromatic rings. The molecule has 0 aromatic heterocycles. The molecule has 4 fully saturated rings. The highest BCUT2D eigenvalue weighted by Gasteiger charge is 2.40. The molecule has 0 radical (unpaired) electrons. The van der Waals surface area contributed by atoms with E-state index >= 15 is 0 Å². The van der Waals surface area contributed by atoms with Crippen molar-refractivity contribution in [3.8, 4) is 0 Å². The average Bonchev–Trinajstić information content (AvgIpc) is 3.13. The Kier molecular flexibility index (Phi) is 3.40. The summed E-state index contributed by atoms with van der Waals surface area (Å²) in [4.78, 5) is 26.1. The number of piperidine rings is 1. The molecule has 2 N–H and O–H groups in total. The van der Waals surface area contributed by atoms with Gasteiger partial charge in [-0.1, -0.05) is 0 Å². The molecule has 1 saturated carbocycles. The highest BCUT2D eigenvalue weighted by Crippen LogP contribution is 2.33. The van der Waals surface area contributed by atoms with E-state index in [9.17, 15) is 9.59 Å². The summed E-state index contributed by atoms with van der Waals surface area (Å²) in [5, 5.41) is 6.71. The molecule has 3 aliphatic heterocycles. The highest BCUT2D eigenvalue weighted by molar-refractivity contribution is 5.82. The summed E-state index contributed by atoms with van der Waals surface area (Å²) in [6.07, 6.45) is 8.26. The predicted octanol–water partition coefficient (Wildman–Crippen LogP) is 0.787. The van der Waals surface area contributed by atoms with E-state index < -0.39 is 0 Å². The minimum Gasteiger partial charge on any atom is -0.351 e. The fraction of sp³-hybridized carbons (Fsp3) is 0.875. The number of nitrogens with one attached hydrogen (secondary N) is 2. The Hall–Kier alpha value is -1.10. The zero-order chi connectivity index (χ0) is 14.4. The normalized spacial score (nSPS) is 38.9. The Morgan fingerprint density at radius 2 is 1.90 bits per heavy atom. The van der Waals surface area contributed by atoms with Crippen LogP contribution in [0, 0.1) is 5.92 Å². The van der Waals surface area contributed by atoms with Gasteiger partial charge in [-0.05, 0) is 44.4 Å². The first-order valence-electron chi connectivity index (χ1n) is 8.52. The van der Waals surface area contributed by atoms with Crippen LogP contribution >= 0.6 is 0 Å². The van der Waals surface area contributed by atoms with Crippen LogP contribution in [-0.2, 0) is 9.59 Å². The van der Waals surface area contributed by atoms with Gasteiger partial charge in [0.1, 0.15) is 0 Å². The van der Waals surface area contributed by atoms with Gasteiger partial charge < -0.3 is 15.5 Å². The fourth-order valence-electron chi connectivity index (χ4n) is 4.46. The third kappa shape index (κ3) is 2.93. The van der Waals surface area contributed by atoms with Crippen molar-refractivity contribution in [2.45, 2.75) is 75.5 Å². The highest BCUT2D eigenvalue weighted by atomic mass is 16.2. The summed E-state index contributed by atoms with van der Waals surface area (Å²) >= 11 is 0. The molecule has 3 unspecified atom stereocenters. The molecule has 0 spiro atoms. The van der Waals surface area contributed by atoms with E-state index in [2.05, 4.69) is 10.6 Å². The van der Waals surface area contributed by atoms with E-state index in [1.54, 1.807) is 0 Å². The Morgan fingerprint density at radius 1 is 1.19 bits per heavy atom. The topological polar surface area (TPSA) is 61.4 Å². The van der Waals surface area contributed by atoms with Gasteiger partial charge in [0.15, 0.2) is 0 Å². The van der Waals surface area contributed by atoms with Crippen molar-refractivity contribution < 1.29 is 9.59 Å². The predicted molar refractivity (Wildman–Crippen MR) is 78.6 cm³/mol. The van der Waals surface area contributed by atoms with E-state index in [0.29, 0.717) is 36.9 Å². The van der Waals surface area contributed by atoms with Crippen molar-refractivity contribution in [2.24, 2.45) is 5.92 Å². The molecule has 4 aliphatic rings. The minimum atomic E-state index is 0.0454. The van der Waals surface area contributed by atoms with Gasteiger partial charge in [0.2, 0.25) is 11.8 Å². The minimum absolute atomic E-state index is 0.0454. The number of carbonyl (C=O) groups is 2. The van der Waals surface area contributed by atoms with Gasteiger partial charge in [-0.3, -0.25) is 9.59 Å². The van der Waals surface area contributed by atoms with E-state index in [0.717, 1.165) is 32.2 Å². The number of hydrogen-bond acceptors (Lipinski definition) is 3. The summed E-state index contributed by atoms with van der Waals surface area (Å²) in [5.74, 6) is 0.903. The molecular formula is C16H25N3O2. The zero-order valence-corrected chi connectivity index (χ0v) is 12.5. The van der Waals surface area contributed by atoms with Crippen LogP contribution in [0.25, 0.3) is 0 Å². The summed E-state index contributed by atoms with van der Waals surface area (Å²) in [6, 6.07) is 1.79.